The number of alkyl halides is 1. The molecule has 2 atom stereocenters. The average molecular weight is 604 g/mol. The van der Waals surface area contributed by atoms with Crippen molar-refractivity contribution in [3.8, 4) is 17.3 Å². The highest BCUT2D eigenvalue weighted by molar-refractivity contribution is 6.00. The highest BCUT2D eigenvalue weighted by Gasteiger charge is 2.31. The van der Waals surface area contributed by atoms with Crippen molar-refractivity contribution >= 4 is 33.4 Å². The van der Waals surface area contributed by atoms with Gasteiger partial charge in [-0.15, -0.1) is 0 Å². The Bertz CT molecular complexity index is 1710. The molecular formula is C32H35F2N7O3. The fourth-order valence-electron chi connectivity index (χ4n) is 6.07. The number of hydrogen-bond donors (Lipinski definition) is 0. The fourth-order valence-corrected chi connectivity index (χ4v) is 6.07. The number of hydrogen-bond acceptors (Lipinski definition) is 9. The molecule has 6 rings (SSSR count). The van der Waals surface area contributed by atoms with E-state index in [-0.39, 0.29) is 35.3 Å². The van der Waals surface area contributed by atoms with Crippen LogP contribution >= 0.6 is 0 Å². The minimum atomic E-state index is -0.695. The summed E-state index contributed by atoms with van der Waals surface area (Å²) in [6, 6.07) is 6.02. The Morgan fingerprint density at radius 3 is 2.70 bits per heavy atom. The van der Waals surface area contributed by atoms with Crippen LogP contribution in [0.2, 0.25) is 0 Å². The van der Waals surface area contributed by atoms with Crippen molar-refractivity contribution in [2.24, 2.45) is 0 Å². The molecule has 2 aliphatic heterocycles. The van der Waals surface area contributed by atoms with Crippen LogP contribution in [0.15, 0.2) is 48.9 Å². The maximum absolute atomic E-state index is 16.6. The molecule has 2 fully saturated rings. The Kier molecular flexibility index (Phi) is 8.62. The van der Waals surface area contributed by atoms with Crippen LogP contribution in [-0.2, 0) is 9.53 Å². The van der Waals surface area contributed by atoms with Crippen molar-refractivity contribution < 1.29 is 23.0 Å². The van der Waals surface area contributed by atoms with Crippen LogP contribution in [0.3, 0.4) is 0 Å². The van der Waals surface area contributed by atoms with Crippen molar-refractivity contribution in [3.63, 3.8) is 0 Å². The molecule has 2 saturated heterocycles. The number of anilines is 1. The molecule has 0 spiro atoms. The molecule has 0 saturated carbocycles. The van der Waals surface area contributed by atoms with E-state index in [0.29, 0.717) is 49.6 Å². The Hall–Kier alpha value is -4.29. The largest absolute Gasteiger partial charge is 0.462 e. The van der Waals surface area contributed by atoms with Gasteiger partial charge in [-0.2, -0.15) is 9.97 Å². The third-order valence-corrected chi connectivity index (χ3v) is 8.52. The first-order valence-electron chi connectivity index (χ1n) is 14.7. The summed E-state index contributed by atoms with van der Waals surface area (Å²) in [5.41, 5.74) is 1.81. The summed E-state index contributed by atoms with van der Waals surface area (Å²) in [5.74, 6) is -0.350. The zero-order chi connectivity index (χ0) is 30.8. The number of aryl methyl sites for hydroxylation is 1. The highest BCUT2D eigenvalue weighted by Crippen LogP contribution is 2.35. The van der Waals surface area contributed by atoms with Gasteiger partial charge in [-0.25, -0.2) is 8.78 Å². The highest BCUT2D eigenvalue weighted by atomic mass is 19.1. The van der Waals surface area contributed by atoms with E-state index in [2.05, 4.69) is 19.9 Å². The fraction of sp³-hybridized carbons (Fsp3) is 0.406. The first-order chi connectivity index (χ1) is 21.4. The van der Waals surface area contributed by atoms with Crippen LogP contribution in [0, 0.1) is 12.7 Å². The number of piperazine rings is 1. The number of ether oxygens (including phenoxy) is 2. The number of likely N-dealkylation sites (tertiary alicyclic amines) is 1. The molecule has 1 aromatic carbocycles. The van der Waals surface area contributed by atoms with Gasteiger partial charge < -0.3 is 19.3 Å². The second-order valence-electron chi connectivity index (χ2n) is 11.2. The summed E-state index contributed by atoms with van der Waals surface area (Å²) >= 11 is 0. The topological polar surface area (TPSA) is 96.8 Å². The molecule has 10 nitrogen and oxygen atoms in total. The smallest absolute Gasteiger partial charge is 0.319 e. The van der Waals surface area contributed by atoms with Gasteiger partial charge in [0, 0.05) is 81.5 Å². The predicted octanol–water partition coefficient (Wildman–Crippen LogP) is 3.96. The Balaban J connectivity index is 1.38. The van der Waals surface area contributed by atoms with Gasteiger partial charge in [0.05, 0.1) is 11.5 Å². The van der Waals surface area contributed by atoms with Gasteiger partial charge in [-0.3, -0.25) is 19.7 Å². The number of methoxy groups -OCH3 is 1. The van der Waals surface area contributed by atoms with Gasteiger partial charge in [-0.05, 0) is 37.4 Å². The maximum atomic E-state index is 16.6. The number of aromatic nitrogens is 4. The van der Waals surface area contributed by atoms with E-state index in [9.17, 15) is 9.18 Å². The van der Waals surface area contributed by atoms with Gasteiger partial charge in [0.25, 0.3) is 0 Å². The number of carbonyl (C=O) groups is 1. The van der Waals surface area contributed by atoms with Crippen molar-refractivity contribution in [2.45, 2.75) is 25.5 Å². The third kappa shape index (κ3) is 5.79. The maximum Gasteiger partial charge on any atom is 0.319 e. The minimum absolute atomic E-state index is 0.0643. The SMILES string of the molecule is CO[C@@H]1C[C@@H](COc2nc(N3CCN(C(=O)/C=C/CF)CC3)c3cnc(-c4cncc5cccc(C)c45)c(F)c3n2)N(C)C1. The second kappa shape index (κ2) is 12.7. The van der Waals surface area contributed by atoms with Crippen molar-refractivity contribution in [2.75, 3.05) is 65.1 Å². The molecule has 2 aliphatic rings. The molecule has 0 N–H and O–H groups in total. The Morgan fingerprint density at radius 1 is 1.14 bits per heavy atom. The number of fused-ring (bicyclic) bond motifs is 2. The molecule has 1 amide bonds. The van der Waals surface area contributed by atoms with Crippen LogP contribution in [0.1, 0.15) is 12.0 Å². The van der Waals surface area contributed by atoms with Gasteiger partial charge in [0.2, 0.25) is 5.91 Å². The summed E-state index contributed by atoms with van der Waals surface area (Å²) in [5, 5.41) is 2.21. The molecule has 5 heterocycles. The first-order valence-corrected chi connectivity index (χ1v) is 14.7. The number of amides is 1. The van der Waals surface area contributed by atoms with Crippen LogP contribution in [0.5, 0.6) is 6.01 Å². The van der Waals surface area contributed by atoms with Crippen molar-refractivity contribution in [1.29, 1.82) is 0 Å². The van der Waals surface area contributed by atoms with E-state index >= 15 is 4.39 Å². The van der Waals surface area contributed by atoms with Gasteiger partial charge in [0.1, 0.15) is 30.3 Å². The van der Waals surface area contributed by atoms with Crippen LogP contribution in [-0.4, -0.2) is 108 Å². The third-order valence-electron chi connectivity index (χ3n) is 8.52. The van der Waals surface area contributed by atoms with Gasteiger partial charge in [-0.1, -0.05) is 18.2 Å². The molecule has 0 unspecified atom stereocenters. The summed E-state index contributed by atoms with van der Waals surface area (Å²) < 4.78 is 40.8. The lowest BCUT2D eigenvalue weighted by Gasteiger charge is -2.35. The molecule has 0 aliphatic carbocycles. The standard InChI is InChI=1S/C32H35F2N7O3/c1-20-6-4-7-21-15-35-16-24(27(20)21)29-28(34)30-25(17-36-29)31(41-12-10-40(11-13-41)26(42)8-5-9-33)38-32(37-30)44-19-22-14-23(43-3)18-39(22)2/h4-8,15-17,22-23H,9-14,18-19H2,1-3H3/b8-5+/t22-,23+/m0/s1. The van der Waals surface area contributed by atoms with E-state index < -0.39 is 12.5 Å². The number of carbonyl (C=O) groups excluding carboxylic acids is 1. The summed E-state index contributed by atoms with van der Waals surface area (Å²) in [7, 11) is 3.72. The lowest BCUT2D eigenvalue weighted by molar-refractivity contribution is -0.126. The molecule has 4 aromatic rings. The summed E-state index contributed by atoms with van der Waals surface area (Å²) in [6.45, 7) is 4.07. The molecule has 230 valence electrons. The lowest BCUT2D eigenvalue weighted by atomic mass is 10.00. The van der Waals surface area contributed by atoms with Crippen LogP contribution < -0.4 is 9.64 Å². The number of halogens is 2. The summed E-state index contributed by atoms with van der Waals surface area (Å²) in [6.07, 6.45) is 8.34. The normalized spacial score (nSPS) is 19.5. The zero-order valence-electron chi connectivity index (χ0n) is 25.0. The minimum Gasteiger partial charge on any atom is -0.462 e. The molecule has 44 heavy (non-hydrogen) atoms. The zero-order valence-corrected chi connectivity index (χ0v) is 25.0. The Labute approximate surface area is 254 Å². The number of likely N-dealkylation sites (N-methyl/N-ethyl adjacent to an activating group) is 1. The lowest BCUT2D eigenvalue weighted by Crippen LogP contribution is -2.48. The monoisotopic (exact) mass is 603 g/mol. The van der Waals surface area contributed by atoms with E-state index in [4.69, 9.17) is 14.5 Å². The van der Waals surface area contributed by atoms with E-state index in [1.54, 1.807) is 30.6 Å². The molecule has 3 aromatic heterocycles. The molecule has 12 heteroatoms. The van der Waals surface area contributed by atoms with E-state index in [1.807, 2.05) is 37.1 Å². The number of pyridine rings is 2. The van der Waals surface area contributed by atoms with E-state index in [1.165, 1.54) is 12.2 Å². The number of nitrogens with zero attached hydrogens (tertiary/aromatic N) is 7. The van der Waals surface area contributed by atoms with Crippen LogP contribution in [0.4, 0.5) is 14.6 Å². The molecule has 0 bridgehead atoms. The quantitative estimate of drug-likeness (QED) is 0.277. The van der Waals surface area contributed by atoms with E-state index in [0.717, 1.165) is 29.3 Å². The summed E-state index contributed by atoms with van der Waals surface area (Å²) in [4.78, 5) is 36.4. The number of allylic oxidation sites excluding steroid dienone is 1. The molecular weight excluding hydrogens is 568 g/mol. The average Bonchev–Trinajstić information content (AvgIpc) is 3.42. The van der Waals surface area contributed by atoms with Crippen LogP contribution in [0.25, 0.3) is 32.9 Å². The Morgan fingerprint density at radius 2 is 1.95 bits per heavy atom. The first kappa shape index (κ1) is 29.8. The second-order valence-corrected chi connectivity index (χ2v) is 11.2. The number of rotatable bonds is 8. The van der Waals surface area contributed by atoms with Gasteiger partial charge >= 0.3 is 6.01 Å². The number of benzene rings is 1. The predicted molar refractivity (Wildman–Crippen MR) is 164 cm³/mol. The van der Waals surface area contributed by atoms with Crippen molar-refractivity contribution in [1.82, 2.24) is 29.7 Å². The molecule has 0 radical (unpaired) electrons. The van der Waals surface area contributed by atoms with Gasteiger partial charge in [0.15, 0.2) is 5.82 Å². The van der Waals surface area contributed by atoms with Crippen molar-refractivity contribution in [3.05, 3.63) is 60.3 Å².